The molecule has 0 atom stereocenters. The van der Waals surface area contributed by atoms with Crippen LogP contribution >= 0.6 is 11.6 Å². The first kappa shape index (κ1) is 17.5. The molecule has 1 heterocycles. The Bertz CT molecular complexity index is 499. The molecular formula is C12H14ClF4N3O. The molecule has 1 aromatic heterocycles. The Labute approximate surface area is 123 Å². The molecule has 21 heavy (non-hydrogen) atoms. The number of hydrogen-bond acceptors (Lipinski definition) is 3. The van der Waals surface area contributed by atoms with Gasteiger partial charge in [-0.3, -0.25) is 4.79 Å². The van der Waals surface area contributed by atoms with Gasteiger partial charge in [0, 0.05) is 12.1 Å². The van der Waals surface area contributed by atoms with Crippen LogP contribution < -0.4 is 10.6 Å². The maximum Gasteiger partial charge on any atom is 0.324 e. The van der Waals surface area contributed by atoms with Gasteiger partial charge < -0.3 is 10.6 Å². The Morgan fingerprint density at radius 1 is 1.43 bits per heavy atom. The molecule has 0 aliphatic rings. The highest BCUT2D eigenvalue weighted by atomic mass is 35.5. The smallest absolute Gasteiger partial charge is 0.324 e. The third-order valence-corrected chi connectivity index (χ3v) is 2.61. The molecule has 1 amide bonds. The van der Waals surface area contributed by atoms with Gasteiger partial charge in [0.05, 0.1) is 6.54 Å². The first-order valence-electron chi connectivity index (χ1n) is 6.12. The van der Waals surface area contributed by atoms with Gasteiger partial charge in [-0.2, -0.15) is 8.78 Å². The van der Waals surface area contributed by atoms with Crippen LogP contribution in [0.5, 0.6) is 0 Å². The lowest BCUT2D eigenvalue weighted by molar-refractivity contribution is -0.123. The molecule has 2 N–H and O–H groups in total. The summed E-state index contributed by atoms with van der Waals surface area (Å²) in [5.41, 5.74) is -0.0429. The number of amides is 1. The van der Waals surface area contributed by atoms with Crippen molar-refractivity contribution in [3.63, 3.8) is 0 Å². The molecule has 0 saturated carbocycles. The van der Waals surface area contributed by atoms with E-state index in [1.807, 2.05) is 6.92 Å². The van der Waals surface area contributed by atoms with Gasteiger partial charge in [-0.1, -0.05) is 18.5 Å². The topological polar surface area (TPSA) is 54.0 Å². The van der Waals surface area contributed by atoms with Crippen molar-refractivity contribution >= 4 is 23.3 Å². The molecule has 0 radical (unpaired) electrons. The largest absolute Gasteiger partial charge is 0.370 e. The van der Waals surface area contributed by atoms with E-state index in [1.165, 1.54) is 6.07 Å². The Balaban J connectivity index is 2.76. The van der Waals surface area contributed by atoms with E-state index in [0.717, 1.165) is 12.5 Å². The molecule has 0 aliphatic carbocycles. The van der Waals surface area contributed by atoms with Crippen molar-refractivity contribution in [1.82, 2.24) is 10.3 Å². The summed E-state index contributed by atoms with van der Waals surface area (Å²) in [5, 5.41) is 4.61. The molecular weight excluding hydrogens is 314 g/mol. The lowest BCUT2D eigenvalue weighted by atomic mass is 10.2. The van der Waals surface area contributed by atoms with E-state index >= 15 is 0 Å². The predicted octanol–water partition coefficient (Wildman–Crippen LogP) is 3.19. The minimum atomic E-state index is -4.28. The van der Waals surface area contributed by atoms with Crippen LogP contribution in [0.1, 0.15) is 23.7 Å². The Kier molecular flexibility index (Phi) is 6.19. The number of halogens is 5. The summed E-state index contributed by atoms with van der Waals surface area (Å²) in [6, 6.07) is 2.46. The quantitative estimate of drug-likeness (QED) is 0.597. The normalized spacial score (nSPS) is 11.6. The number of carbonyl (C=O) groups excluding carboxylic acids is 1. The van der Waals surface area contributed by atoms with Crippen molar-refractivity contribution in [2.24, 2.45) is 0 Å². The number of carbonyl (C=O) groups is 1. The number of anilines is 1. The molecule has 9 heteroatoms. The summed E-state index contributed by atoms with van der Waals surface area (Å²) in [7, 11) is 0. The van der Waals surface area contributed by atoms with Crippen LogP contribution in [0.3, 0.4) is 0 Å². The first-order valence-corrected chi connectivity index (χ1v) is 6.49. The van der Waals surface area contributed by atoms with Gasteiger partial charge in [-0.15, -0.1) is 0 Å². The zero-order valence-electron chi connectivity index (χ0n) is 11.1. The molecule has 0 aliphatic heterocycles. The van der Waals surface area contributed by atoms with Gasteiger partial charge in [0.25, 0.3) is 5.91 Å². The number of nitrogens with one attached hydrogen (secondary N) is 2. The summed E-state index contributed by atoms with van der Waals surface area (Å²) in [6.45, 7) is 1.04. The summed E-state index contributed by atoms with van der Waals surface area (Å²) in [6.07, 6.45) is -3.04. The van der Waals surface area contributed by atoms with E-state index in [-0.39, 0.29) is 10.7 Å². The number of hydrogen-bond donors (Lipinski definition) is 2. The van der Waals surface area contributed by atoms with Gasteiger partial charge in [-0.05, 0) is 18.6 Å². The van der Waals surface area contributed by atoms with E-state index in [9.17, 15) is 22.4 Å². The highest BCUT2D eigenvalue weighted by Gasteiger charge is 2.40. The maximum absolute atomic E-state index is 12.7. The predicted molar refractivity (Wildman–Crippen MR) is 71.3 cm³/mol. The summed E-state index contributed by atoms with van der Waals surface area (Å²) in [5.74, 6) is -4.91. The summed E-state index contributed by atoms with van der Waals surface area (Å²) >= 11 is 5.71. The number of nitrogens with zero attached hydrogens (tertiary/aromatic N) is 1. The van der Waals surface area contributed by atoms with Crippen LogP contribution in [-0.4, -0.2) is 36.3 Å². The highest BCUT2D eigenvalue weighted by Crippen LogP contribution is 2.22. The summed E-state index contributed by atoms with van der Waals surface area (Å²) in [4.78, 5) is 15.6. The molecule has 0 spiro atoms. The molecule has 0 saturated heterocycles. The Morgan fingerprint density at radius 2 is 2.10 bits per heavy atom. The molecule has 1 rings (SSSR count). The second-order valence-electron chi connectivity index (χ2n) is 4.23. The monoisotopic (exact) mass is 327 g/mol. The third-order valence-electron chi connectivity index (χ3n) is 2.42. The molecule has 1 aromatic rings. The minimum Gasteiger partial charge on any atom is -0.370 e. The van der Waals surface area contributed by atoms with Crippen molar-refractivity contribution in [2.75, 3.05) is 18.4 Å². The number of alkyl halides is 4. The second-order valence-corrected chi connectivity index (χ2v) is 4.62. The fourth-order valence-corrected chi connectivity index (χ4v) is 1.56. The van der Waals surface area contributed by atoms with E-state index in [0.29, 0.717) is 12.4 Å². The zero-order valence-corrected chi connectivity index (χ0v) is 11.9. The molecule has 0 unspecified atom stereocenters. The van der Waals surface area contributed by atoms with Crippen LogP contribution in [0.2, 0.25) is 5.15 Å². The minimum absolute atomic E-state index is 0.0122. The van der Waals surface area contributed by atoms with Crippen LogP contribution in [0, 0.1) is 0 Å². The van der Waals surface area contributed by atoms with Crippen molar-refractivity contribution in [2.45, 2.75) is 25.7 Å². The van der Waals surface area contributed by atoms with Gasteiger partial charge in [0.2, 0.25) is 0 Å². The van der Waals surface area contributed by atoms with Crippen molar-refractivity contribution in [1.29, 1.82) is 0 Å². The molecule has 4 nitrogen and oxygen atoms in total. The van der Waals surface area contributed by atoms with Gasteiger partial charge in [-0.25, -0.2) is 13.8 Å². The SMILES string of the molecule is CCCNc1cc(C(=O)NCC(F)(F)C(F)F)cc(Cl)n1. The standard InChI is InChI=1S/C12H14ClF4N3O/c1-2-3-18-9-5-7(4-8(13)20-9)10(21)19-6-12(16,17)11(14)15/h4-5,11H,2-3,6H2,1H3,(H,18,20)(H,19,21). The molecule has 0 fully saturated rings. The number of pyridine rings is 1. The first-order chi connectivity index (χ1) is 9.76. The molecule has 118 valence electrons. The Morgan fingerprint density at radius 3 is 2.67 bits per heavy atom. The second kappa shape index (κ2) is 7.44. The summed E-state index contributed by atoms with van der Waals surface area (Å²) < 4.78 is 49.4. The van der Waals surface area contributed by atoms with E-state index in [4.69, 9.17) is 11.6 Å². The van der Waals surface area contributed by atoms with Crippen LogP contribution in [0.25, 0.3) is 0 Å². The Hall–Kier alpha value is -1.57. The van der Waals surface area contributed by atoms with Gasteiger partial charge in [0.15, 0.2) is 0 Å². The fraction of sp³-hybridized carbons (Fsp3) is 0.500. The van der Waals surface area contributed by atoms with Crippen molar-refractivity contribution < 1.29 is 22.4 Å². The van der Waals surface area contributed by atoms with Crippen LogP contribution in [-0.2, 0) is 0 Å². The highest BCUT2D eigenvalue weighted by molar-refractivity contribution is 6.29. The van der Waals surface area contributed by atoms with Crippen LogP contribution in [0.4, 0.5) is 23.4 Å². The lowest BCUT2D eigenvalue weighted by Gasteiger charge is -2.16. The van der Waals surface area contributed by atoms with Crippen LogP contribution in [0.15, 0.2) is 12.1 Å². The van der Waals surface area contributed by atoms with E-state index < -0.39 is 24.8 Å². The number of aromatic nitrogens is 1. The average Bonchev–Trinajstić information content (AvgIpc) is 2.41. The van der Waals surface area contributed by atoms with Gasteiger partial charge >= 0.3 is 12.3 Å². The lowest BCUT2D eigenvalue weighted by Crippen LogP contribution is -2.41. The van der Waals surface area contributed by atoms with E-state index in [1.54, 1.807) is 5.32 Å². The maximum atomic E-state index is 12.7. The number of rotatable bonds is 7. The van der Waals surface area contributed by atoms with Crippen molar-refractivity contribution in [3.8, 4) is 0 Å². The molecule has 0 bridgehead atoms. The zero-order chi connectivity index (χ0) is 16.0. The third kappa shape index (κ3) is 5.37. The molecule has 0 aromatic carbocycles. The average molecular weight is 328 g/mol. The fourth-order valence-electron chi connectivity index (χ4n) is 1.35. The van der Waals surface area contributed by atoms with Crippen molar-refractivity contribution in [3.05, 3.63) is 22.8 Å². The van der Waals surface area contributed by atoms with E-state index in [2.05, 4.69) is 10.3 Å². The van der Waals surface area contributed by atoms with Gasteiger partial charge in [0.1, 0.15) is 11.0 Å².